The maximum atomic E-state index is 11.5. The van der Waals surface area contributed by atoms with Crippen molar-refractivity contribution in [1.29, 1.82) is 0 Å². The molecular formula is C10H15N2O8P. The van der Waals surface area contributed by atoms with Gasteiger partial charge in [-0.25, -0.2) is 9.36 Å². The number of carbonyl (C=O) groups is 1. The first kappa shape index (κ1) is 17.5. The summed E-state index contributed by atoms with van der Waals surface area (Å²) in [6, 6.07) is 0. The fourth-order valence-electron chi connectivity index (χ4n) is 1.51. The predicted molar refractivity (Wildman–Crippen MR) is 70.1 cm³/mol. The van der Waals surface area contributed by atoms with Gasteiger partial charge in [0.25, 0.3) is 5.56 Å². The second-order valence-electron chi connectivity index (χ2n) is 4.09. The van der Waals surface area contributed by atoms with Crippen LogP contribution in [0.1, 0.15) is 16.8 Å². The lowest BCUT2D eigenvalue weighted by Crippen LogP contribution is -2.33. The van der Waals surface area contributed by atoms with Crippen molar-refractivity contribution in [2.75, 3.05) is 13.7 Å². The number of aromatic amines is 1. The molecule has 11 heteroatoms. The van der Waals surface area contributed by atoms with Crippen LogP contribution in [0, 0.1) is 0 Å². The number of aromatic nitrogens is 2. The largest absolute Gasteiger partial charge is 0.469 e. The number of rotatable bonds is 8. The molecule has 10 nitrogen and oxygen atoms in total. The number of phosphoric acid groups is 1. The maximum Gasteiger partial charge on any atom is 0.469 e. The molecule has 0 amide bonds. The van der Waals surface area contributed by atoms with E-state index < -0.39 is 25.2 Å². The van der Waals surface area contributed by atoms with E-state index in [-0.39, 0.29) is 25.1 Å². The molecule has 0 saturated heterocycles. The molecule has 1 heterocycles. The highest BCUT2D eigenvalue weighted by Gasteiger charge is 2.18. The Bertz CT molecular complexity index is 645. The molecule has 1 aromatic rings. The molecular weight excluding hydrogens is 307 g/mol. The Morgan fingerprint density at radius 2 is 2.14 bits per heavy atom. The van der Waals surface area contributed by atoms with Crippen LogP contribution in [0.15, 0.2) is 15.8 Å². The van der Waals surface area contributed by atoms with E-state index in [9.17, 15) is 18.9 Å². The zero-order valence-corrected chi connectivity index (χ0v) is 12.0. The highest BCUT2D eigenvalue weighted by molar-refractivity contribution is 7.46. The van der Waals surface area contributed by atoms with Crippen molar-refractivity contribution in [3.8, 4) is 0 Å². The molecule has 0 aliphatic rings. The van der Waals surface area contributed by atoms with Crippen molar-refractivity contribution in [1.82, 2.24) is 9.55 Å². The van der Waals surface area contributed by atoms with Gasteiger partial charge in [-0.1, -0.05) is 0 Å². The highest BCUT2D eigenvalue weighted by Crippen LogP contribution is 2.35. The Hall–Kier alpha value is -1.58. The lowest BCUT2D eigenvalue weighted by Gasteiger charge is -2.16. The summed E-state index contributed by atoms with van der Waals surface area (Å²) in [5.41, 5.74) is -1.68. The van der Waals surface area contributed by atoms with Gasteiger partial charge in [0, 0.05) is 19.9 Å². The standard InChI is InChI=1S/C10H15N2O8P/c1-19-8(6-20-21(16,17)18)2-3-12-4-7(5-13)9(14)11-10(12)15/h4-5,8H,2-3,6H2,1H3,(H,11,14,15)(H2,16,17,18). The second kappa shape index (κ2) is 7.43. The fraction of sp³-hybridized carbons (Fsp3) is 0.500. The molecule has 1 rings (SSSR count). The number of aldehydes is 1. The van der Waals surface area contributed by atoms with E-state index in [0.29, 0.717) is 6.29 Å². The minimum atomic E-state index is -4.60. The van der Waals surface area contributed by atoms with E-state index in [4.69, 9.17) is 14.5 Å². The van der Waals surface area contributed by atoms with Crippen molar-refractivity contribution in [2.24, 2.45) is 0 Å². The summed E-state index contributed by atoms with van der Waals surface area (Å²) >= 11 is 0. The Labute approximate surface area is 118 Å². The minimum Gasteiger partial charge on any atom is -0.379 e. The average Bonchev–Trinajstić information content (AvgIpc) is 2.39. The van der Waals surface area contributed by atoms with Crippen molar-refractivity contribution < 1.29 is 28.4 Å². The third kappa shape index (κ3) is 5.74. The number of phosphoric ester groups is 1. The van der Waals surface area contributed by atoms with Crippen molar-refractivity contribution in [3.63, 3.8) is 0 Å². The van der Waals surface area contributed by atoms with Crippen LogP contribution >= 0.6 is 7.82 Å². The van der Waals surface area contributed by atoms with E-state index in [1.54, 1.807) is 0 Å². The van der Waals surface area contributed by atoms with E-state index in [1.165, 1.54) is 7.11 Å². The lowest BCUT2D eigenvalue weighted by molar-refractivity contribution is 0.0373. The number of ether oxygens (including phenoxy) is 1. The molecule has 1 unspecified atom stereocenters. The zero-order valence-electron chi connectivity index (χ0n) is 11.1. The van der Waals surface area contributed by atoms with Gasteiger partial charge in [-0.15, -0.1) is 0 Å². The van der Waals surface area contributed by atoms with Gasteiger partial charge in [-0.2, -0.15) is 0 Å². The van der Waals surface area contributed by atoms with Gasteiger partial charge in [-0.05, 0) is 6.42 Å². The molecule has 0 aliphatic heterocycles. The number of nitrogens with zero attached hydrogens (tertiary/aromatic N) is 1. The summed E-state index contributed by atoms with van der Waals surface area (Å²) in [7, 11) is -3.28. The van der Waals surface area contributed by atoms with Crippen molar-refractivity contribution >= 4 is 14.1 Å². The number of hydrogen-bond acceptors (Lipinski definition) is 6. The topological polar surface area (TPSA) is 148 Å². The molecule has 0 aliphatic carbocycles. The molecule has 1 atom stereocenters. The third-order valence-electron chi connectivity index (χ3n) is 2.62. The number of aryl methyl sites for hydroxylation is 1. The normalized spacial score (nSPS) is 13.1. The van der Waals surface area contributed by atoms with Gasteiger partial charge in [-0.3, -0.25) is 23.7 Å². The summed E-state index contributed by atoms with van der Waals surface area (Å²) in [6.07, 6.45) is 0.932. The molecule has 0 bridgehead atoms. The first-order valence-corrected chi connectivity index (χ1v) is 7.31. The number of hydrogen-bond donors (Lipinski definition) is 3. The summed E-state index contributed by atoms with van der Waals surface area (Å²) in [4.78, 5) is 52.5. The summed E-state index contributed by atoms with van der Waals surface area (Å²) in [6.45, 7) is -0.293. The van der Waals surface area contributed by atoms with E-state index in [0.717, 1.165) is 10.8 Å². The number of methoxy groups -OCH3 is 1. The molecule has 21 heavy (non-hydrogen) atoms. The second-order valence-corrected chi connectivity index (χ2v) is 5.33. The number of carbonyl (C=O) groups excluding carboxylic acids is 1. The van der Waals surface area contributed by atoms with E-state index in [2.05, 4.69) is 4.52 Å². The SMILES string of the molecule is COC(CCn1cc(C=O)c(=O)[nH]c1=O)COP(=O)(O)O. The molecule has 0 radical (unpaired) electrons. The van der Waals surface area contributed by atoms with Crippen LogP contribution in [0.4, 0.5) is 0 Å². The fourth-order valence-corrected chi connectivity index (χ4v) is 1.87. The van der Waals surface area contributed by atoms with Crippen LogP contribution in [0.2, 0.25) is 0 Å². The molecule has 0 fully saturated rings. The maximum absolute atomic E-state index is 11.5. The van der Waals surface area contributed by atoms with Crippen molar-refractivity contribution in [2.45, 2.75) is 19.1 Å². The van der Waals surface area contributed by atoms with Crippen LogP contribution in [0.25, 0.3) is 0 Å². The van der Waals surface area contributed by atoms with Crippen LogP contribution in [0.3, 0.4) is 0 Å². The summed E-state index contributed by atoms with van der Waals surface area (Å²) in [5, 5.41) is 0. The monoisotopic (exact) mass is 322 g/mol. The molecule has 0 saturated carbocycles. The quantitative estimate of drug-likeness (QED) is 0.402. The van der Waals surface area contributed by atoms with Gasteiger partial charge >= 0.3 is 13.5 Å². The predicted octanol–water partition coefficient (Wildman–Crippen LogP) is -1.14. The smallest absolute Gasteiger partial charge is 0.379 e. The average molecular weight is 322 g/mol. The van der Waals surface area contributed by atoms with E-state index in [1.807, 2.05) is 4.98 Å². The van der Waals surface area contributed by atoms with Gasteiger partial charge in [0.05, 0.1) is 18.3 Å². The van der Waals surface area contributed by atoms with Gasteiger partial charge < -0.3 is 14.5 Å². The molecule has 1 aromatic heterocycles. The Morgan fingerprint density at radius 1 is 1.48 bits per heavy atom. The Kier molecular flexibility index (Phi) is 6.19. The summed E-state index contributed by atoms with van der Waals surface area (Å²) in [5.74, 6) is 0. The van der Waals surface area contributed by atoms with Crippen LogP contribution in [0.5, 0.6) is 0 Å². The van der Waals surface area contributed by atoms with Crippen LogP contribution in [-0.2, 0) is 20.4 Å². The molecule has 0 aromatic carbocycles. The molecule has 3 N–H and O–H groups in total. The molecule has 0 spiro atoms. The van der Waals surface area contributed by atoms with Gasteiger partial charge in [0.15, 0.2) is 6.29 Å². The van der Waals surface area contributed by atoms with Crippen molar-refractivity contribution in [3.05, 3.63) is 32.6 Å². The number of nitrogens with one attached hydrogen (secondary N) is 1. The minimum absolute atomic E-state index is 0.0689. The first-order chi connectivity index (χ1) is 9.76. The Balaban J connectivity index is 2.73. The van der Waals surface area contributed by atoms with Gasteiger partial charge in [0.1, 0.15) is 0 Å². The van der Waals surface area contributed by atoms with E-state index >= 15 is 0 Å². The summed E-state index contributed by atoms with van der Waals surface area (Å²) < 4.78 is 20.9. The Morgan fingerprint density at radius 3 is 2.67 bits per heavy atom. The van der Waals surface area contributed by atoms with Crippen LogP contribution < -0.4 is 11.2 Å². The van der Waals surface area contributed by atoms with Crippen LogP contribution in [-0.4, -0.2) is 45.4 Å². The third-order valence-corrected chi connectivity index (χ3v) is 3.10. The molecule has 118 valence electrons. The van der Waals surface area contributed by atoms with Gasteiger partial charge in [0.2, 0.25) is 0 Å². The highest BCUT2D eigenvalue weighted by atomic mass is 31.2. The zero-order chi connectivity index (χ0) is 16.0. The lowest BCUT2D eigenvalue weighted by atomic mass is 10.2. The number of H-pyrrole nitrogens is 1. The first-order valence-electron chi connectivity index (χ1n) is 5.78.